The quantitative estimate of drug-likeness (QED) is 0.300. The van der Waals surface area contributed by atoms with Crippen molar-refractivity contribution >= 4 is 11.9 Å². The van der Waals surface area contributed by atoms with E-state index in [2.05, 4.69) is 0 Å². The molecule has 1 saturated heterocycles. The summed E-state index contributed by atoms with van der Waals surface area (Å²) in [7, 11) is 0. The van der Waals surface area contributed by atoms with E-state index in [-0.39, 0.29) is 5.96 Å². The van der Waals surface area contributed by atoms with E-state index in [4.69, 9.17) is 22.0 Å². The van der Waals surface area contributed by atoms with Crippen LogP contribution in [0, 0.1) is 5.41 Å². The molecule has 92 valence electrons. The average molecular weight is 229 g/mol. The Morgan fingerprint density at radius 2 is 1.94 bits per heavy atom. The van der Waals surface area contributed by atoms with Crippen molar-refractivity contribution in [2.75, 3.05) is 19.6 Å². The van der Waals surface area contributed by atoms with Gasteiger partial charge in [0.15, 0.2) is 0 Å². The fourth-order valence-corrected chi connectivity index (χ4v) is 2.21. The third-order valence-electron chi connectivity index (χ3n) is 3.37. The Labute approximate surface area is 95.3 Å². The third kappa shape index (κ3) is 2.93. The van der Waals surface area contributed by atoms with Crippen LogP contribution in [0.2, 0.25) is 0 Å². The molecule has 0 aromatic rings. The van der Waals surface area contributed by atoms with Gasteiger partial charge < -0.3 is 16.6 Å². The van der Waals surface area contributed by atoms with Gasteiger partial charge in [-0.25, -0.2) is 5.41 Å². The summed E-state index contributed by atoms with van der Waals surface area (Å²) in [6, 6.07) is -0.851. The van der Waals surface area contributed by atoms with Gasteiger partial charge in [-0.05, 0) is 19.3 Å². The van der Waals surface area contributed by atoms with E-state index in [0.717, 1.165) is 32.4 Å². The van der Waals surface area contributed by atoms with Crippen LogP contribution in [0.1, 0.15) is 25.7 Å². The van der Waals surface area contributed by atoms with Crippen LogP contribution in [-0.4, -0.2) is 47.2 Å². The molecule has 0 spiro atoms. The van der Waals surface area contributed by atoms with Crippen molar-refractivity contribution in [3.8, 4) is 0 Å². The van der Waals surface area contributed by atoms with Gasteiger partial charge in [-0.3, -0.25) is 9.28 Å². The molecule has 1 fully saturated rings. The first-order chi connectivity index (χ1) is 7.48. The number of likely N-dealkylation sites (tertiary alicyclic amines) is 1. The van der Waals surface area contributed by atoms with Crippen molar-refractivity contribution < 1.29 is 14.4 Å². The molecule has 1 aliphatic heterocycles. The molecule has 0 aromatic heterocycles. The highest BCUT2D eigenvalue weighted by molar-refractivity contribution is 5.73. The topological polar surface area (TPSA) is 113 Å². The Morgan fingerprint density at radius 3 is 2.38 bits per heavy atom. The zero-order chi connectivity index (χ0) is 12.2. The number of rotatable bonds is 4. The number of hydrogen-bond donors (Lipinski definition) is 4. The van der Waals surface area contributed by atoms with Crippen molar-refractivity contribution in [1.29, 1.82) is 5.41 Å². The molecule has 0 aliphatic carbocycles. The monoisotopic (exact) mass is 229 g/mol. The van der Waals surface area contributed by atoms with Crippen LogP contribution < -0.4 is 11.5 Å². The summed E-state index contributed by atoms with van der Waals surface area (Å²) in [5.74, 6) is -0.851. The third-order valence-corrected chi connectivity index (χ3v) is 3.37. The minimum absolute atomic E-state index is 0.136. The lowest BCUT2D eigenvalue weighted by atomic mass is 10.1. The van der Waals surface area contributed by atoms with Crippen molar-refractivity contribution in [1.82, 2.24) is 0 Å². The second-order valence-corrected chi connectivity index (χ2v) is 4.50. The normalized spacial score (nSPS) is 21.3. The lowest BCUT2D eigenvalue weighted by molar-refractivity contribution is -0.849. The number of nitrogens with one attached hydrogen (secondary N) is 1. The lowest BCUT2D eigenvalue weighted by Gasteiger charge is -2.39. The molecular weight excluding hydrogens is 208 g/mol. The number of nitrogens with zero attached hydrogens (tertiary/aromatic N) is 1. The second-order valence-electron chi connectivity index (χ2n) is 4.50. The Morgan fingerprint density at radius 1 is 1.38 bits per heavy atom. The first kappa shape index (κ1) is 12.9. The van der Waals surface area contributed by atoms with E-state index >= 15 is 0 Å². The number of guanidine groups is 1. The lowest BCUT2D eigenvalue weighted by Crippen LogP contribution is -2.60. The molecule has 0 aromatic carbocycles. The molecule has 1 rings (SSSR count). The average Bonchev–Trinajstić information content (AvgIpc) is 2.26. The first-order valence-electron chi connectivity index (χ1n) is 5.67. The number of piperidine rings is 1. The molecule has 0 radical (unpaired) electrons. The van der Waals surface area contributed by atoms with E-state index in [1.807, 2.05) is 0 Å². The molecule has 1 atom stereocenters. The Balaban J connectivity index is 2.57. The van der Waals surface area contributed by atoms with E-state index in [1.165, 1.54) is 0 Å². The Hall–Kier alpha value is -1.14. The molecular formula is C10H21N4O2+. The van der Waals surface area contributed by atoms with Crippen LogP contribution in [0.3, 0.4) is 0 Å². The van der Waals surface area contributed by atoms with Crippen molar-refractivity contribution in [3.05, 3.63) is 0 Å². The summed E-state index contributed by atoms with van der Waals surface area (Å²) >= 11 is 0. The number of carbonyl (C=O) groups is 1. The van der Waals surface area contributed by atoms with Gasteiger partial charge in [0.25, 0.3) is 5.96 Å². The number of nitrogens with two attached hydrogens (primary N) is 2. The number of hydrogen-bond acceptors (Lipinski definition) is 3. The fourth-order valence-electron chi connectivity index (χ4n) is 2.21. The predicted octanol–water partition coefficient (Wildman–Crippen LogP) is -0.317. The maximum absolute atomic E-state index is 10.6. The Kier molecular flexibility index (Phi) is 4.26. The molecule has 6 N–H and O–H groups in total. The van der Waals surface area contributed by atoms with Gasteiger partial charge in [-0.2, -0.15) is 0 Å². The smallest absolute Gasteiger partial charge is 0.320 e. The van der Waals surface area contributed by atoms with Crippen LogP contribution in [-0.2, 0) is 4.79 Å². The molecule has 1 aliphatic rings. The molecule has 1 heterocycles. The molecule has 0 saturated carbocycles. The van der Waals surface area contributed by atoms with Crippen molar-refractivity contribution in [3.63, 3.8) is 0 Å². The minimum atomic E-state index is -0.987. The summed E-state index contributed by atoms with van der Waals surface area (Å²) in [5.41, 5.74) is 11.1. The van der Waals surface area contributed by atoms with Crippen LogP contribution >= 0.6 is 0 Å². The van der Waals surface area contributed by atoms with E-state index in [0.29, 0.717) is 17.4 Å². The molecule has 6 nitrogen and oxygen atoms in total. The molecule has 0 amide bonds. The van der Waals surface area contributed by atoms with Crippen LogP contribution in [0.25, 0.3) is 0 Å². The second kappa shape index (κ2) is 5.27. The van der Waals surface area contributed by atoms with Crippen LogP contribution in [0.15, 0.2) is 0 Å². The standard InChI is InChI=1S/C10H20N4O2/c11-8(9(15)16)4-7-14(10(12)13)5-2-1-3-6-14/h8H,1-7,11H2,(H3-,12,13,15,16)/p+1/t8-/m0/s1. The SMILES string of the molecule is N=C(N)[N+]1(CC[C@H](N)C(=O)O)CCCCC1. The van der Waals surface area contributed by atoms with Gasteiger partial charge in [0.05, 0.1) is 19.6 Å². The highest BCUT2D eigenvalue weighted by atomic mass is 16.4. The molecule has 16 heavy (non-hydrogen) atoms. The summed E-state index contributed by atoms with van der Waals surface area (Å²) in [4.78, 5) is 10.6. The first-order valence-corrected chi connectivity index (χ1v) is 5.67. The summed E-state index contributed by atoms with van der Waals surface area (Å²) in [6.45, 7) is 2.23. The van der Waals surface area contributed by atoms with Gasteiger partial charge in [-0.15, -0.1) is 0 Å². The van der Waals surface area contributed by atoms with Crippen LogP contribution in [0.4, 0.5) is 0 Å². The maximum Gasteiger partial charge on any atom is 0.320 e. The summed E-state index contributed by atoms with van der Waals surface area (Å²) < 4.78 is 0.418. The van der Waals surface area contributed by atoms with Gasteiger partial charge in [0.2, 0.25) is 0 Å². The maximum atomic E-state index is 10.6. The zero-order valence-corrected chi connectivity index (χ0v) is 9.48. The number of carboxylic acids is 1. The van der Waals surface area contributed by atoms with E-state index in [1.54, 1.807) is 0 Å². The number of aliphatic carboxylic acids is 1. The van der Waals surface area contributed by atoms with Crippen molar-refractivity contribution in [2.24, 2.45) is 11.5 Å². The highest BCUT2D eigenvalue weighted by Gasteiger charge is 2.34. The van der Waals surface area contributed by atoms with Gasteiger partial charge in [0.1, 0.15) is 6.04 Å². The Bertz CT molecular complexity index is 274. The van der Waals surface area contributed by atoms with Crippen LogP contribution in [0.5, 0.6) is 0 Å². The fraction of sp³-hybridized carbons (Fsp3) is 0.800. The number of quaternary nitrogens is 1. The zero-order valence-electron chi connectivity index (χ0n) is 9.48. The minimum Gasteiger partial charge on any atom is -0.480 e. The summed E-state index contributed by atoms with van der Waals surface area (Å²) in [6.07, 6.45) is 3.62. The summed E-state index contributed by atoms with van der Waals surface area (Å²) in [5, 5.41) is 16.4. The molecule has 0 unspecified atom stereocenters. The largest absolute Gasteiger partial charge is 0.480 e. The van der Waals surface area contributed by atoms with Gasteiger partial charge in [0, 0.05) is 6.42 Å². The van der Waals surface area contributed by atoms with E-state index < -0.39 is 12.0 Å². The number of carboxylic acid groups (broad SMARTS) is 1. The highest BCUT2D eigenvalue weighted by Crippen LogP contribution is 2.19. The van der Waals surface area contributed by atoms with Gasteiger partial charge in [-0.1, -0.05) is 0 Å². The predicted molar refractivity (Wildman–Crippen MR) is 60.9 cm³/mol. The van der Waals surface area contributed by atoms with E-state index in [9.17, 15) is 4.79 Å². The van der Waals surface area contributed by atoms with Gasteiger partial charge >= 0.3 is 5.97 Å². The molecule has 6 heteroatoms. The molecule has 0 bridgehead atoms. The van der Waals surface area contributed by atoms with Crippen molar-refractivity contribution in [2.45, 2.75) is 31.7 Å².